The first-order valence-corrected chi connectivity index (χ1v) is 6.82. The molecule has 0 saturated heterocycles. The minimum absolute atomic E-state index is 0.324. The van der Waals surface area contributed by atoms with Crippen LogP contribution in [0.15, 0.2) is 17.6 Å². The van der Waals surface area contributed by atoms with E-state index in [4.69, 9.17) is 5.11 Å². The quantitative estimate of drug-likeness (QED) is 0.929. The number of nitrogens with zero attached hydrogens (tertiary/aromatic N) is 3. The molecule has 20 heavy (non-hydrogen) atoms. The molecule has 106 valence electrons. The van der Waals surface area contributed by atoms with Crippen molar-refractivity contribution >= 4 is 23.2 Å². The molecule has 1 amide bonds. The van der Waals surface area contributed by atoms with E-state index in [0.29, 0.717) is 5.69 Å². The molecule has 0 radical (unpaired) electrons. The molecule has 0 spiro atoms. The maximum atomic E-state index is 12.2. The smallest absolute Gasteiger partial charge is 0.323 e. The number of aliphatic carboxylic acids is 1. The summed E-state index contributed by atoms with van der Waals surface area (Å²) in [6, 6.07) is 1.73. The molecular formula is C13H15N3O3S. The SMILES string of the molecule is Cc1nc(-c2cc(C(=O)N(C)CC(=O)O)n(C)c2)cs1. The number of likely N-dealkylation sites (N-methyl/N-ethyl adjacent to an activating group) is 1. The molecule has 0 atom stereocenters. The van der Waals surface area contributed by atoms with Crippen LogP contribution in [-0.4, -0.2) is 45.0 Å². The lowest BCUT2D eigenvalue weighted by atomic mass is 10.2. The summed E-state index contributed by atoms with van der Waals surface area (Å²) in [5.41, 5.74) is 2.11. The van der Waals surface area contributed by atoms with Crippen LogP contribution in [0.1, 0.15) is 15.5 Å². The molecule has 0 aliphatic rings. The van der Waals surface area contributed by atoms with Gasteiger partial charge in [0.05, 0.1) is 10.7 Å². The van der Waals surface area contributed by atoms with Crippen molar-refractivity contribution in [2.45, 2.75) is 6.92 Å². The lowest BCUT2D eigenvalue weighted by molar-refractivity contribution is -0.137. The van der Waals surface area contributed by atoms with E-state index in [2.05, 4.69) is 4.98 Å². The largest absolute Gasteiger partial charge is 0.480 e. The van der Waals surface area contributed by atoms with Crippen LogP contribution in [0.25, 0.3) is 11.3 Å². The van der Waals surface area contributed by atoms with Crippen molar-refractivity contribution < 1.29 is 14.7 Å². The summed E-state index contributed by atoms with van der Waals surface area (Å²) in [6.07, 6.45) is 1.82. The third-order valence-electron chi connectivity index (χ3n) is 2.86. The van der Waals surface area contributed by atoms with Gasteiger partial charge in [-0.05, 0) is 13.0 Å². The molecule has 2 aromatic rings. The average Bonchev–Trinajstić information content (AvgIpc) is 2.93. The van der Waals surface area contributed by atoms with Crippen LogP contribution in [0.3, 0.4) is 0 Å². The van der Waals surface area contributed by atoms with Crippen LogP contribution in [-0.2, 0) is 11.8 Å². The highest BCUT2D eigenvalue weighted by molar-refractivity contribution is 7.09. The molecule has 2 heterocycles. The second-order valence-electron chi connectivity index (χ2n) is 4.53. The lowest BCUT2D eigenvalue weighted by Gasteiger charge is -2.14. The minimum atomic E-state index is -1.04. The summed E-state index contributed by atoms with van der Waals surface area (Å²) in [4.78, 5) is 28.4. The molecule has 0 aliphatic carbocycles. The summed E-state index contributed by atoms with van der Waals surface area (Å²) in [7, 11) is 3.22. The topological polar surface area (TPSA) is 75.4 Å². The standard InChI is InChI=1S/C13H15N3O3S/c1-8-14-10(7-20-8)9-4-11(15(2)5-9)13(19)16(3)6-12(17)18/h4-5,7H,6H2,1-3H3,(H,17,18). The van der Waals surface area contributed by atoms with Crippen molar-refractivity contribution in [2.24, 2.45) is 7.05 Å². The number of hydrogen-bond acceptors (Lipinski definition) is 4. The number of amides is 1. The Hall–Kier alpha value is -2.15. The van der Waals surface area contributed by atoms with Gasteiger partial charge in [0, 0.05) is 31.2 Å². The maximum Gasteiger partial charge on any atom is 0.323 e. The highest BCUT2D eigenvalue weighted by Crippen LogP contribution is 2.23. The molecule has 0 fully saturated rings. The van der Waals surface area contributed by atoms with E-state index in [-0.39, 0.29) is 12.5 Å². The number of carboxylic acids is 1. The monoisotopic (exact) mass is 293 g/mol. The number of thiazole rings is 1. The third kappa shape index (κ3) is 2.88. The van der Waals surface area contributed by atoms with Crippen LogP contribution in [0.2, 0.25) is 0 Å². The molecule has 0 saturated carbocycles. The number of carbonyl (C=O) groups excluding carboxylic acids is 1. The Morgan fingerprint density at radius 2 is 2.20 bits per heavy atom. The molecule has 6 nitrogen and oxygen atoms in total. The fourth-order valence-corrected chi connectivity index (χ4v) is 2.51. The van der Waals surface area contributed by atoms with Gasteiger partial charge in [-0.2, -0.15) is 0 Å². The van der Waals surface area contributed by atoms with E-state index in [1.165, 1.54) is 11.9 Å². The van der Waals surface area contributed by atoms with Crippen molar-refractivity contribution in [1.29, 1.82) is 0 Å². The van der Waals surface area contributed by atoms with Crippen molar-refractivity contribution in [3.8, 4) is 11.3 Å². The number of rotatable bonds is 4. The Morgan fingerprint density at radius 1 is 1.50 bits per heavy atom. The Bertz CT molecular complexity index is 660. The van der Waals surface area contributed by atoms with Gasteiger partial charge >= 0.3 is 5.97 Å². The molecule has 2 aromatic heterocycles. The first-order valence-electron chi connectivity index (χ1n) is 5.94. The van der Waals surface area contributed by atoms with Gasteiger partial charge in [0.15, 0.2) is 0 Å². The molecule has 0 aliphatic heterocycles. The Labute approximate surface area is 120 Å². The molecule has 0 aromatic carbocycles. The van der Waals surface area contributed by atoms with Crippen LogP contribution < -0.4 is 0 Å². The van der Waals surface area contributed by atoms with Crippen molar-refractivity contribution in [3.63, 3.8) is 0 Å². The molecular weight excluding hydrogens is 278 g/mol. The normalized spacial score (nSPS) is 10.6. The molecule has 0 unspecified atom stereocenters. The van der Waals surface area contributed by atoms with E-state index < -0.39 is 5.97 Å². The molecule has 7 heteroatoms. The fraction of sp³-hybridized carbons (Fsp3) is 0.308. The van der Waals surface area contributed by atoms with Gasteiger partial charge in [0.25, 0.3) is 5.91 Å². The first-order chi connectivity index (χ1) is 9.38. The summed E-state index contributed by atoms with van der Waals surface area (Å²) >= 11 is 1.54. The Morgan fingerprint density at radius 3 is 2.75 bits per heavy atom. The predicted molar refractivity (Wildman–Crippen MR) is 75.9 cm³/mol. The van der Waals surface area contributed by atoms with E-state index in [9.17, 15) is 9.59 Å². The third-order valence-corrected chi connectivity index (χ3v) is 3.63. The zero-order valence-electron chi connectivity index (χ0n) is 11.5. The van der Waals surface area contributed by atoms with Gasteiger partial charge < -0.3 is 14.6 Å². The van der Waals surface area contributed by atoms with Crippen LogP contribution >= 0.6 is 11.3 Å². The van der Waals surface area contributed by atoms with Gasteiger partial charge in [0.2, 0.25) is 0 Å². The van der Waals surface area contributed by atoms with Crippen LogP contribution in [0.4, 0.5) is 0 Å². The van der Waals surface area contributed by atoms with E-state index in [0.717, 1.165) is 16.3 Å². The second-order valence-corrected chi connectivity index (χ2v) is 5.59. The van der Waals surface area contributed by atoms with E-state index in [1.807, 2.05) is 18.5 Å². The van der Waals surface area contributed by atoms with Crippen molar-refractivity contribution in [1.82, 2.24) is 14.5 Å². The number of aromatic nitrogens is 2. The lowest BCUT2D eigenvalue weighted by Crippen LogP contribution is -2.32. The predicted octanol–water partition coefficient (Wildman–Crippen LogP) is 1.61. The Kier molecular flexibility index (Phi) is 3.89. The Balaban J connectivity index is 2.27. The highest BCUT2D eigenvalue weighted by Gasteiger charge is 2.19. The summed E-state index contributed by atoms with van der Waals surface area (Å²) in [6.45, 7) is 1.60. The second kappa shape index (κ2) is 5.46. The van der Waals surface area contributed by atoms with Gasteiger partial charge in [-0.15, -0.1) is 11.3 Å². The van der Waals surface area contributed by atoms with Gasteiger partial charge in [-0.1, -0.05) is 0 Å². The van der Waals surface area contributed by atoms with Crippen molar-refractivity contribution in [3.05, 3.63) is 28.3 Å². The van der Waals surface area contributed by atoms with Crippen LogP contribution in [0, 0.1) is 6.92 Å². The van der Waals surface area contributed by atoms with Gasteiger partial charge in [-0.3, -0.25) is 9.59 Å². The number of carboxylic acid groups (broad SMARTS) is 1. The average molecular weight is 293 g/mol. The first kappa shape index (κ1) is 14.3. The number of hydrogen-bond donors (Lipinski definition) is 1. The number of carbonyl (C=O) groups is 2. The molecule has 2 rings (SSSR count). The number of aryl methyl sites for hydroxylation is 2. The van der Waals surface area contributed by atoms with Gasteiger partial charge in [0.1, 0.15) is 12.2 Å². The summed E-state index contributed by atoms with van der Waals surface area (Å²) < 4.78 is 1.69. The molecule has 0 bridgehead atoms. The maximum absolute atomic E-state index is 12.2. The highest BCUT2D eigenvalue weighted by atomic mass is 32.1. The molecule has 1 N–H and O–H groups in total. The zero-order valence-corrected chi connectivity index (χ0v) is 12.3. The summed E-state index contributed by atoms with van der Waals surface area (Å²) in [5, 5.41) is 11.6. The van der Waals surface area contributed by atoms with Crippen molar-refractivity contribution in [2.75, 3.05) is 13.6 Å². The van der Waals surface area contributed by atoms with E-state index >= 15 is 0 Å². The van der Waals surface area contributed by atoms with Crippen LogP contribution in [0.5, 0.6) is 0 Å². The fourth-order valence-electron chi connectivity index (χ4n) is 1.88. The minimum Gasteiger partial charge on any atom is -0.480 e. The van der Waals surface area contributed by atoms with Gasteiger partial charge in [-0.25, -0.2) is 4.98 Å². The zero-order chi connectivity index (χ0) is 14.9. The van der Waals surface area contributed by atoms with E-state index in [1.54, 1.807) is 29.0 Å². The summed E-state index contributed by atoms with van der Waals surface area (Å²) in [5.74, 6) is -1.36.